The Labute approximate surface area is 124 Å². The first kappa shape index (κ1) is 13.6. The third-order valence-electron chi connectivity index (χ3n) is 3.69. The van der Waals surface area contributed by atoms with Gasteiger partial charge in [0.25, 0.3) is 0 Å². The molecule has 4 heteroatoms. The van der Waals surface area contributed by atoms with E-state index in [9.17, 15) is 0 Å². The summed E-state index contributed by atoms with van der Waals surface area (Å²) in [7, 11) is 4.26. The van der Waals surface area contributed by atoms with Crippen molar-refractivity contribution in [1.82, 2.24) is 9.88 Å². The lowest BCUT2D eigenvalue weighted by molar-refractivity contribution is 0.194. The monoisotopic (exact) mass is 288 g/mol. The molecule has 0 bridgehead atoms. The molecule has 20 heavy (non-hydrogen) atoms. The average molecular weight is 288 g/mol. The van der Waals surface area contributed by atoms with E-state index in [2.05, 4.69) is 36.1 Å². The van der Waals surface area contributed by atoms with E-state index in [4.69, 9.17) is 4.74 Å². The van der Waals surface area contributed by atoms with Crippen molar-refractivity contribution in [2.45, 2.75) is 12.8 Å². The molecule has 1 aromatic heterocycles. The van der Waals surface area contributed by atoms with Crippen molar-refractivity contribution >= 4 is 11.3 Å². The lowest BCUT2D eigenvalue weighted by Gasteiger charge is -2.20. The van der Waals surface area contributed by atoms with Crippen LogP contribution in [0.2, 0.25) is 0 Å². The van der Waals surface area contributed by atoms with Crippen molar-refractivity contribution in [3.05, 3.63) is 35.8 Å². The zero-order valence-electron chi connectivity index (χ0n) is 12.0. The highest BCUT2D eigenvalue weighted by atomic mass is 32.1. The van der Waals surface area contributed by atoms with Gasteiger partial charge in [-0.15, -0.1) is 11.3 Å². The first-order chi connectivity index (χ1) is 9.67. The fourth-order valence-electron chi connectivity index (χ4n) is 2.49. The van der Waals surface area contributed by atoms with Gasteiger partial charge in [-0.05, 0) is 51.2 Å². The third kappa shape index (κ3) is 3.19. The normalized spacial score (nSPS) is 16.4. The molecule has 0 aliphatic heterocycles. The number of hydrogen-bond acceptors (Lipinski definition) is 4. The van der Waals surface area contributed by atoms with Crippen molar-refractivity contribution < 1.29 is 4.74 Å². The van der Waals surface area contributed by atoms with Crippen LogP contribution >= 0.6 is 11.3 Å². The minimum atomic E-state index is 0.386. The molecule has 2 aromatic rings. The van der Waals surface area contributed by atoms with Crippen LogP contribution in [0.5, 0.6) is 5.75 Å². The molecule has 0 saturated heterocycles. The summed E-state index contributed by atoms with van der Waals surface area (Å²) in [6, 6.07) is 8.25. The molecule has 1 aromatic carbocycles. The molecule has 0 spiro atoms. The van der Waals surface area contributed by atoms with Gasteiger partial charge in [0, 0.05) is 29.1 Å². The van der Waals surface area contributed by atoms with Crippen LogP contribution in [-0.4, -0.2) is 37.1 Å². The SMILES string of the molecule is CN(C)CC1(COc2ccc(-c3nccs3)cc2)CC1. The largest absolute Gasteiger partial charge is 0.493 e. The van der Waals surface area contributed by atoms with E-state index in [1.807, 2.05) is 23.7 Å². The molecule has 3 rings (SSSR count). The van der Waals surface area contributed by atoms with Crippen LogP contribution in [0.3, 0.4) is 0 Å². The van der Waals surface area contributed by atoms with Crippen molar-refractivity contribution in [3.63, 3.8) is 0 Å². The molecule has 1 saturated carbocycles. The maximum Gasteiger partial charge on any atom is 0.123 e. The summed E-state index contributed by atoms with van der Waals surface area (Å²) in [6.45, 7) is 1.94. The van der Waals surface area contributed by atoms with Crippen LogP contribution in [0.25, 0.3) is 10.6 Å². The van der Waals surface area contributed by atoms with Gasteiger partial charge in [-0.1, -0.05) is 0 Å². The molecule has 0 radical (unpaired) electrons. The maximum absolute atomic E-state index is 5.96. The Morgan fingerprint density at radius 3 is 2.55 bits per heavy atom. The molecule has 1 heterocycles. The van der Waals surface area contributed by atoms with Gasteiger partial charge in [0.2, 0.25) is 0 Å². The van der Waals surface area contributed by atoms with Gasteiger partial charge in [0.15, 0.2) is 0 Å². The maximum atomic E-state index is 5.96. The van der Waals surface area contributed by atoms with Gasteiger partial charge in [0.1, 0.15) is 10.8 Å². The minimum Gasteiger partial charge on any atom is -0.493 e. The van der Waals surface area contributed by atoms with Crippen molar-refractivity contribution in [1.29, 1.82) is 0 Å². The van der Waals surface area contributed by atoms with Gasteiger partial charge in [-0.3, -0.25) is 0 Å². The molecule has 106 valence electrons. The van der Waals surface area contributed by atoms with Crippen LogP contribution in [0, 0.1) is 5.41 Å². The Bertz CT molecular complexity index is 544. The smallest absolute Gasteiger partial charge is 0.123 e. The van der Waals surface area contributed by atoms with E-state index in [0.29, 0.717) is 5.41 Å². The zero-order chi connectivity index (χ0) is 14.0. The molecule has 0 amide bonds. The zero-order valence-corrected chi connectivity index (χ0v) is 12.8. The van der Waals surface area contributed by atoms with E-state index in [1.165, 1.54) is 12.8 Å². The summed E-state index contributed by atoms with van der Waals surface area (Å²) in [6.07, 6.45) is 4.40. The van der Waals surface area contributed by atoms with Gasteiger partial charge in [-0.25, -0.2) is 4.98 Å². The third-order valence-corrected chi connectivity index (χ3v) is 4.51. The average Bonchev–Trinajstić information content (AvgIpc) is 2.98. The summed E-state index contributed by atoms with van der Waals surface area (Å²) in [4.78, 5) is 6.57. The second-order valence-electron chi connectivity index (χ2n) is 5.89. The quantitative estimate of drug-likeness (QED) is 0.813. The summed E-state index contributed by atoms with van der Waals surface area (Å²) in [5.74, 6) is 0.954. The number of rotatable bonds is 6. The van der Waals surface area contributed by atoms with Crippen molar-refractivity contribution in [2.75, 3.05) is 27.2 Å². The molecular formula is C16H20N2OS. The van der Waals surface area contributed by atoms with Crippen LogP contribution in [0.1, 0.15) is 12.8 Å². The first-order valence-electron chi connectivity index (χ1n) is 6.94. The van der Waals surface area contributed by atoms with E-state index >= 15 is 0 Å². The Hall–Kier alpha value is -1.39. The van der Waals surface area contributed by atoms with Crippen LogP contribution in [0.4, 0.5) is 0 Å². The predicted molar refractivity (Wildman–Crippen MR) is 83.3 cm³/mol. The van der Waals surface area contributed by atoms with E-state index < -0.39 is 0 Å². The number of hydrogen-bond donors (Lipinski definition) is 0. The van der Waals surface area contributed by atoms with Gasteiger partial charge >= 0.3 is 0 Å². The number of aromatic nitrogens is 1. The first-order valence-corrected chi connectivity index (χ1v) is 7.82. The summed E-state index contributed by atoms with van der Waals surface area (Å²) in [5, 5.41) is 3.06. The number of ether oxygens (including phenoxy) is 1. The number of nitrogens with zero attached hydrogens (tertiary/aromatic N) is 2. The molecule has 1 fully saturated rings. The Morgan fingerprint density at radius 2 is 2.00 bits per heavy atom. The lowest BCUT2D eigenvalue weighted by atomic mass is 10.1. The fourth-order valence-corrected chi connectivity index (χ4v) is 3.14. The fraction of sp³-hybridized carbons (Fsp3) is 0.438. The number of thiazole rings is 1. The molecular weight excluding hydrogens is 268 g/mol. The summed E-state index contributed by atoms with van der Waals surface area (Å²) in [5.41, 5.74) is 1.54. The van der Waals surface area contributed by atoms with Crippen LogP contribution < -0.4 is 4.74 Å². The highest BCUT2D eigenvalue weighted by Crippen LogP contribution is 2.46. The van der Waals surface area contributed by atoms with Gasteiger partial charge in [-0.2, -0.15) is 0 Å². The predicted octanol–water partition coefficient (Wildman–Crippen LogP) is 3.53. The molecule has 1 aliphatic rings. The Kier molecular flexibility index (Phi) is 3.76. The topological polar surface area (TPSA) is 25.4 Å². The lowest BCUT2D eigenvalue weighted by Crippen LogP contribution is -2.27. The van der Waals surface area contributed by atoms with E-state index in [-0.39, 0.29) is 0 Å². The summed E-state index contributed by atoms with van der Waals surface area (Å²) < 4.78 is 5.96. The van der Waals surface area contributed by atoms with Gasteiger partial charge in [0.05, 0.1) is 6.61 Å². The van der Waals surface area contributed by atoms with Gasteiger partial charge < -0.3 is 9.64 Å². The Morgan fingerprint density at radius 1 is 1.25 bits per heavy atom. The van der Waals surface area contributed by atoms with E-state index in [1.54, 1.807) is 11.3 Å². The van der Waals surface area contributed by atoms with Crippen LogP contribution in [0.15, 0.2) is 35.8 Å². The molecule has 3 nitrogen and oxygen atoms in total. The summed E-state index contributed by atoms with van der Waals surface area (Å²) >= 11 is 1.66. The second-order valence-corrected chi connectivity index (χ2v) is 6.78. The molecule has 0 N–H and O–H groups in total. The second kappa shape index (κ2) is 5.54. The van der Waals surface area contributed by atoms with Crippen molar-refractivity contribution in [2.24, 2.45) is 5.41 Å². The highest BCUT2D eigenvalue weighted by Gasteiger charge is 2.43. The number of benzene rings is 1. The van der Waals surface area contributed by atoms with Crippen LogP contribution in [-0.2, 0) is 0 Å². The van der Waals surface area contributed by atoms with E-state index in [0.717, 1.165) is 29.5 Å². The molecule has 0 atom stereocenters. The van der Waals surface area contributed by atoms with Crippen molar-refractivity contribution in [3.8, 4) is 16.3 Å². The highest BCUT2D eigenvalue weighted by molar-refractivity contribution is 7.13. The molecule has 0 unspecified atom stereocenters. The Balaban J connectivity index is 1.59. The standard InChI is InChI=1S/C16H20N2OS/c1-18(2)11-16(7-8-16)12-19-14-5-3-13(4-6-14)15-17-9-10-20-15/h3-6,9-10H,7-8,11-12H2,1-2H3. The minimum absolute atomic E-state index is 0.386. The molecule has 1 aliphatic carbocycles.